The molecule has 0 aliphatic carbocycles. The Morgan fingerprint density at radius 1 is 0.967 bits per heavy atom. The summed E-state index contributed by atoms with van der Waals surface area (Å²) < 4.78 is 7.86. The Labute approximate surface area is 212 Å². The summed E-state index contributed by atoms with van der Waals surface area (Å²) in [6.07, 6.45) is 1.82. The molecule has 0 aromatic heterocycles. The fraction of sp³-hybridized carbons (Fsp3) is 0.0435. The topological polar surface area (TPSA) is 56.8 Å². The van der Waals surface area contributed by atoms with Gasteiger partial charge in [-0.05, 0) is 98.8 Å². The Morgan fingerprint density at radius 3 is 2.20 bits per heavy atom. The first-order chi connectivity index (χ1) is 14.4. The Morgan fingerprint density at radius 2 is 1.63 bits per heavy atom. The summed E-state index contributed by atoms with van der Waals surface area (Å²) in [6, 6.07) is 20.5. The molecular weight excluding hydrogens is 645 g/mol. The van der Waals surface area contributed by atoms with Gasteiger partial charge in [-0.3, -0.25) is 0 Å². The van der Waals surface area contributed by atoms with E-state index in [1.165, 1.54) is 0 Å². The number of hydrogen-bond donors (Lipinski definition) is 0. The molecule has 0 amide bonds. The van der Waals surface area contributed by atoms with Crippen molar-refractivity contribution < 1.29 is 4.74 Å². The number of benzene rings is 3. The van der Waals surface area contributed by atoms with Crippen molar-refractivity contribution in [3.05, 3.63) is 94.0 Å². The second kappa shape index (κ2) is 10.5. The SMILES string of the molecule is N#C/C(=C/c1cc(I)c(OCc2ccc(Cl)cc2Cl)c(I)c1)c1ccc(C#N)cc1. The molecule has 30 heavy (non-hydrogen) atoms. The highest BCUT2D eigenvalue weighted by atomic mass is 127. The first kappa shape index (κ1) is 22.9. The third kappa shape index (κ3) is 5.67. The predicted molar refractivity (Wildman–Crippen MR) is 137 cm³/mol. The van der Waals surface area contributed by atoms with Crippen LogP contribution in [0.15, 0.2) is 54.6 Å². The summed E-state index contributed by atoms with van der Waals surface area (Å²) in [5, 5.41) is 19.7. The highest BCUT2D eigenvalue weighted by Crippen LogP contribution is 2.32. The van der Waals surface area contributed by atoms with Gasteiger partial charge in [0.25, 0.3) is 0 Å². The number of hydrogen-bond acceptors (Lipinski definition) is 3. The van der Waals surface area contributed by atoms with Crippen LogP contribution < -0.4 is 4.74 Å². The molecule has 0 aliphatic heterocycles. The van der Waals surface area contributed by atoms with Gasteiger partial charge in [0.15, 0.2) is 0 Å². The lowest BCUT2D eigenvalue weighted by molar-refractivity contribution is 0.302. The lowest BCUT2D eigenvalue weighted by atomic mass is 10.0. The maximum absolute atomic E-state index is 9.58. The van der Waals surface area contributed by atoms with Gasteiger partial charge in [-0.25, -0.2) is 0 Å². The van der Waals surface area contributed by atoms with Crippen molar-refractivity contribution in [2.75, 3.05) is 0 Å². The smallest absolute Gasteiger partial charge is 0.146 e. The molecule has 0 saturated heterocycles. The van der Waals surface area contributed by atoms with Crippen molar-refractivity contribution >= 4 is 80.0 Å². The summed E-state index contributed by atoms with van der Waals surface area (Å²) >= 11 is 16.6. The van der Waals surface area contributed by atoms with E-state index in [9.17, 15) is 5.26 Å². The average molecular weight is 657 g/mol. The van der Waals surface area contributed by atoms with Gasteiger partial charge in [0.05, 0.1) is 30.4 Å². The molecule has 0 N–H and O–H groups in total. The molecule has 3 aromatic rings. The zero-order valence-electron chi connectivity index (χ0n) is 15.3. The van der Waals surface area contributed by atoms with E-state index in [2.05, 4.69) is 57.3 Å². The molecule has 0 fully saturated rings. The van der Waals surface area contributed by atoms with E-state index < -0.39 is 0 Å². The highest BCUT2D eigenvalue weighted by Gasteiger charge is 2.11. The quantitative estimate of drug-likeness (QED) is 0.161. The lowest BCUT2D eigenvalue weighted by Gasteiger charge is -2.13. The number of rotatable bonds is 5. The summed E-state index contributed by atoms with van der Waals surface area (Å²) in [5.74, 6) is 0.760. The third-order valence-corrected chi connectivity index (χ3v) is 6.35. The molecule has 0 unspecified atom stereocenters. The van der Waals surface area contributed by atoms with E-state index in [-0.39, 0.29) is 0 Å². The number of nitriles is 2. The molecule has 0 radical (unpaired) electrons. The van der Waals surface area contributed by atoms with Gasteiger partial charge in [0.2, 0.25) is 0 Å². The van der Waals surface area contributed by atoms with Crippen LogP contribution in [-0.4, -0.2) is 0 Å². The molecule has 148 valence electrons. The highest BCUT2D eigenvalue weighted by molar-refractivity contribution is 14.1. The molecular formula is C23H12Cl2I2N2O. The molecule has 0 saturated carbocycles. The maximum Gasteiger partial charge on any atom is 0.146 e. The molecule has 7 heteroatoms. The Bertz CT molecular complexity index is 1190. The predicted octanol–water partition coefficient (Wildman–Crippen LogP) is 7.72. The standard InChI is InChI=1S/C23H12Cl2I2N2O/c24-19-6-5-17(20(25)10-19)13-30-23-21(26)8-15(9-22(23)27)7-18(12-29)16-3-1-14(11-28)2-4-16/h1-10H,13H2/b18-7-. The fourth-order valence-electron chi connectivity index (χ4n) is 2.66. The van der Waals surface area contributed by atoms with Gasteiger partial charge in [-0.15, -0.1) is 0 Å². The van der Waals surface area contributed by atoms with E-state index in [0.29, 0.717) is 27.8 Å². The molecule has 0 atom stereocenters. The van der Waals surface area contributed by atoms with Crippen LogP contribution >= 0.6 is 68.4 Å². The molecule has 3 aromatic carbocycles. The number of nitrogens with zero attached hydrogens (tertiary/aromatic N) is 2. The van der Waals surface area contributed by atoms with Crippen LogP contribution in [0.1, 0.15) is 22.3 Å². The van der Waals surface area contributed by atoms with Gasteiger partial charge in [-0.1, -0.05) is 41.4 Å². The number of ether oxygens (including phenoxy) is 1. The monoisotopic (exact) mass is 656 g/mol. The second-order valence-electron chi connectivity index (χ2n) is 6.20. The third-order valence-electron chi connectivity index (χ3n) is 4.16. The van der Waals surface area contributed by atoms with Gasteiger partial charge in [0, 0.05) is 15.6 Å². The van der Waals surface area contributed by atoms with Crippen LogP contribution in [0, 0.1) is 29.8 Å². The Hall–Kier alpha value is -1.78. The summed E-state index contributed by atoms with van der Waals surface area (Å²) in [6.45, 7) is 0.325. The van der Waals surface area contributed by atoms with Gasteiger partial charge < -0.3 is 4.74 Å². The fourth-order valence-corrected chi connectivity index (χ4v) is 5.25. The van der Waals surface area contributed by atoms with E-state index in [4.69, 9.17) is 33.2 Å². The molecule has 3 nitrogen and oxygen atoms in total. The van der Waals surface area contributed by atoms with Crippen LogP contribution in [0.2, 0.25) is 10.0 Å². The first-order valence-corrected chi connectivity index (χ1v) is 11.5. The van der Waals surface area contributed by atoms with Crippen LogP contribution in [0.25, 0.3) is 11.6 Å². The van der Waals surface area contributed by atoms with Crippen molar-refractivity contribution in [3.63, 3.8) is 0 Å². The maximum atomic E-state index is 9.58. The van der Waals surface area contributed by atoms with Crippen molar-refractivity contribution in [2.24, 2.45) is 0 Å². The average Bonchev–Trinajstić information content (AvgIpc) is 2.73. The summed E-state index contributed by atoms with van der Waals surface area (Å²) in [4.78, 5) is 0. The minimum Gasteiger partial charge on any atom is -0.487 e. The number of allylic oxidation sites excluding steroid dienone is 1. The van der Waals surface area contributed by atoms with Gasteiger partial charge >= 0.3 is 0 Å². The van der Waals surface area contributed by atoms with Gasteiger partial charge in [-0.2, -0.15) is 10.5 Å². The zero-order valence-corrected chi connectivity index (χ0v) is 21.1. The molecule has 0 heterocycles. The van der Waals surface area contributed by atoms with Crippen LogP contribution in [0.5, 0.6) is 5.75 Å². The normalized spacial score (nSPS) is 10.9. The zero-order chi connectivity index (χ0) is 21.7. The van der Waals surface area contributed by atoms with E-state index in [1.54, 1.807) is 36.4 Å². The van der Waals surface area contributed by atoms with Crippen LogP contribution in [-0.2, 0) is 6.61 Å². The minimum absolute atomic E-state index is 0.325. The minimum atomic E-state index is 0.325. The van der Waals surface area contributed by atoms with E-state index in [0.717, 1.165) is 29.6 Å². The first-order valence-electron chi connectivity index (χ1n) is 8.59. The largest absolute Gasteiger partial charge is 0.487 e. The Balaban J connectivity index is 1.85. The van der Waals surface area contributed by atoms with Crippen molar-refractivity contribution in [3.8, 4) is 17.9 Å². The van der Waals surface area contributed by atoms with Crippen LogP contribution in [0.3, 0.4) is 0 Å². The van der Waals surface area contributed by atoms with E-state index in [1.807, 2.05) is 24.3 Å². The van der Waals surface area contributed by atoms with Crippen LogP contribution in [0.4, 0.5) is 0 Å². The summed E-state index contributed by atoms with van der Waals surface area (Å²) in [5.41, 5.74) is 3.58. The van der Waals surface area contributed by atoms with Crippen molar-refractivity contribution in [1.29, 1.82) is 10.5 Å². The second-order valence-corrected chi connectivity index (χ2v) is 9.37. The van der Waals surface area contributed by atoms with E-state index >= 15 is 0 Å². The molecule has 0 aliphatic rings. The van der Waals surface area contributed by atoms with Crippen molar-refractivity contribution in [2.45, 2.75) is 6.61 Å². The summed E-state index contributed by atoms with van der Waals surface area (Å²) in [7, 11) is 0. The number of halogens is 4. The Kier molecular flexibility index (Phi) is 8.01. The molecule has 0 spiro atoms. The molecule has 3 rings (SSSR count). The lowest BCUT2D eigenvalue weighted by Crippen LogP contribution is -2.00. The molecule has 0 bridgehead atoms. The van der Waals surface area contributed by atoms with Gasteiger partial charge in [0.1, 0.15) is 12.4 Å². The van der Waals surface area contributed by atoms with Crippen molar-refractivity contribution in [1.82, 2.24) is 0 Å².